The molecule has 0 aliphatic heterocycles. The molecule has 0 atom stereocenters. The zero-order chi connectivity index (χ0) is 10.5. The van der Waals surface area contributed by atoms with Gasteiger partial charge in [0, 0.05) is 18.3 Å². The molecular formula is C12H12N2O. The summed E-state index contributed by atoms with van der Waals surface area (Å²) in [5.41, 5.74) is 2.64. The van der Waals surface area contributed by atoms with Crippen molar-refractivity contribution in [3.8, 4) is 0 Å². The average molecular weight is 200 g/mol. The van der Waals surface area contributed by atoms with Crippen LogP contribution >= 0.6 is 0 Å². The van der Waals surface area contributed by atoms with Gasteiger partial charge in [-0.05, 0) is 17.7 Å². The van der Waals surface area contributed by atoms with Crippen LogP contribution in [0.1, 0.15) is 11.3 Å². The summed E-state index contributed by atoms with van der Waals surface area (Å²) >= 11 is 0. The summed E-state index contributed by atoms with van der Waals surface area (Å²) in [4.78, 5) is 3.08. The quantitative estimate of drug-likeness (QED) is 0.446. The normalized spacial score (nSPS) is 11.6. The highest BCUT2D eigenvalue weighted by molar-refractivity contribution is 6.01. The number of nitrogens with one attached hydrogen (secondary N) is 1. The highest BCUT2D eigenvalue weighted by Gasteiger charge is 2.05. The van der Waals surface area contributed by atoms with Gasteiger partial charge in [-0.25, -0.2) is 0 Å². The molecule has 0 bridgehead atoms. The van der Waals surface area contributed by atoms with Crippen LogP contribution in [0.3, 0.4) is 0 Å². The molecule has 0 spiro atoms. The molecule has 2 rings (SSSR count). The van der Waals surface area contributed by atoms with Gasteiger partial charge in [-0.15, -0.1) is 0 Å². The molecule has 0 saturated heterocycles. The van der Waals surface area contributed by atoms with Crippen LogP contribution in [-0.4, -0.2) is 15.9 Å². The van der Waals surface area contributed by atoms with E-state index in [0.717, 1.165) is 11.3 Å². The van der Waals surface area contributed by atoms with Crippen molar-refractivity contribution in [1.29, 1.82) is 0 Å². The molecule has 3 nitrogen and oxygen atoms in total. The second kappa shape index (κ2) is 4.46. The molecule has 76 valence electrons. The molecule has 15 heavy (non-hydrogen) atoms. The minimum atomic E-state index is 0.605. The Morgan fingerprint density at radius 1 is 1.13 bits per heavy atom. The number of benzene rings is 1. The Morgan fingerprint density at radius 3 is 2.53 bits per heavy atom. The predicted octanol–water partition coefficient (Wildman–Crippen LogP) is 2.44. The number of hydrogen-bond donors (Lipinski definition) is 2. The Hall–Kier alpha value is -2.03. The molecule has 0 unspecified atom stereocenters. The lowest BCUT2D eigenvalue weighted by Crippen LogP contribution is -2.05. The fourth-order valence-corrected chi connectivity index (χ4v) is 1.48. The Labute approximate surface area is 88.1 Å². The van der Waals surface area contributed by atoms with Gasteiger partial charge in [0.25, 0.3) is 0 Å². The third-order valence-electron chi connectivity index (χ3n) is 2.25. The van der Waals surface area contributed by atoms with Crippen molar-refractivity contribution >= 4 is 5.71 Å². The van der Waals surface area contributed by atoms with E-state index in [1.54, 1.807) is 0 Å². The Bertz CT molecular complexity index is 432. The van der Waals surface area contributed by atoms with E-state index >= 15 is 0 Å². The van der Waals surface area contributed by atoms with Crippen LogP contribution in [0.4, 0.5) is 0 Å². The fourth-order valence-electron chi connectivity index (χ4n) is 1.48. The highest BCUT2D eigenvalue weighted by Crippen LogP contribution is 2.06. The van der Waals surface area contributed by atoms with E-state index in [1.807, 2.05) is 48.7 Å². The minimum absolute atomic E-state index is 0.605. The number of hydrogen-bond acceptors (Lipinski definition) is 2. The van der Waals surface area contributed by atoms with E-state index < -0.39 is 0 Å². The topological polar surface area (TPSA) is 48.4 Å². The molecule has 2 N–H and O–H groups in total. The number of aromatic nitrogens is 1. The van der Waals surface area contributed by atoms with Crippen LogP contribution in [0, 0.1) is 0 Å². The van der Waals surface area contributed by atoms with Gasteiger partial charge in [0.15, 0.2) is 0 Å². The molecule has 0 radical (unpaired) electrons. The Morgan fingerprint density at radius 2 is 1.93 bits per heavy atom. The minimum Gasteiger partial charge on any atom is -0.411 e. The second-order valence-corrected chi connectivity index (χ2v) is 3.28. The molecule has 0 aliphatic rings. The smallest absolute Gasteiger partial charge is 0.0926 e. The van der Waals surface area contributed by atoms with Gasteiger partial charge in [0.1, 0.15) is 0 Å². The van der Waals surface area contributed by atoms with E-state index in [9.17, 15) is 0 Å². The highest BCUT2D eigenvalue weighted by atomic mass is 16.4. The molecule has 1 aromatic heterocycles. The molecular weight excluding hydrogens is 188 g/mol. The number of rotatable bonds is 3. The van der Waals surface area contributed by atoms with E-state index in [1.165, 1.54) is 0 Å². The summed E-state index contributed by atoms with van der Waals surface area (Å²) in [6, 6.07) is 13.5. The molecule has 0 amide bonds. The van der Waals surface area contributed by atoms with Crippen molar-refractivity contribution in [2.24, 2.45) is 5.16 Å². The summed E-state index contributed by atoms with van der Waals surface area (Å²) in [6.07, 6.45) is 2.46. The number of aromatic amines is 1. The van der Waals surface area contributed by atoms with Crippen LogP contribution in [0.2, 0.25) is 0 Å². The lowest BCUT2D eigenvalue weighted by molar-refractivity contribution is 0.318. The number of nitrogens with zero attached hydrogens (tertiary/aromatic N) is 1. The largest absolute Gasteiger partial charge is 0.411 e. The lowest BCUT2D eigenvalue weighted by atomic mass is 10.1. The maximum Gasteiger partial charge on any atom is 0.0926 e. The standard InChI is InChI=1S/C12H12N2O/c15-14-12(9-11-7-4-8-13-11)10-5-2-1-3-6-10/h1-8,13,15H,9H2. The van der Waals surface area contributed by atoms with E-state index in [0.29, 0.717) is 12.1 Å². The number of H-pyrrole nitrogens is 1. The summed E-state index contributed by atoms with van der Waals surface area (Å²) in [7, 11) is 0. The first-order chi connectivity index (χ1) is 7.40. The summed E-state index contributed by atoms with van der Waals surface area (Å²) in [5, 5.41) is 12.3. The average Bonchev–Trinajstić information content (AvgIpc) is 2.80. The Balaban J connectivity index is 2.20. The van der Waals surface area contributed by atoms with Gasteiger partial charge < -0.3 is 10.2 Å². The monoisotopic (exact) mass is 200 g/mol. The van der Waals surface area contributed by atoms with E-state index in [4.69, 9.17) is 5.21 Å². The van der Waals surface area contributed by atoms with E-state index in [2.05, 4.69) is 10.1 Å². The molecule has 0 fully saturated rings. The first-order valence-corrected chi connectivity index (χ1v) is 4.79. The van der Waals surface area contributed by atoms with Gasteiger partial charge in [0.2, 0.25) is 0 Å². The third kappa shape index (κ3) is 2.26. The molecule has 0 saturated carbocycles. The molecule has 2 aromatic rings. The first-order valence-electron chi connectivity index (χ1n) is 4.79. The summed E-state index contributed by atoms with van der Waals surface area (Å²) < 4.78 is 0. The van der Waals surface area contributed by atoms with Crippen LogP contribution in [0.5, 0.6) is 0 Å². The maximum absolute atomic E-state index is 8.95. The predicted molar refractivity (Wildman–Crippen MR) is 59.3 cm³/mol. The summed E-state index contributed by atoms with van der Waals surface area (Å²) in [6.45, 7) is 0. The maximum atomic E-state index is 8.95. The first kappa shape index (κ1) is 9.52. The lowest BCUT2D eigenvalue weighted by Gasteiger charge is -2.02. The second-order valence-electron chi connectivity index (χ2n) is 3.28. The van der Waals surface area contributed by atoms with Crippen molar-refractivity contribution < 1.29 is 5.21 Å². The van der Waals surface area contributed by atoms with Crippen molar-refractivity contribution in [3.63, 3.8) is 0 Å². The van der Waals surface area contributed by atoms with Crippen LogP contribution < -0.4 is 0 Å². The van der Waals surface area contributed by atoms with Gasteiger partial charge >= 0.3 is 0 Å². The molecule has 3 heteroatoms. The zero-order valence-corrected chi connectivity index (χ0v) is 8.22. The Kier molecular flexibility index (Phi) is 2.83. The van der Waals surface area contributed by atoms with Crippen molar-refractivity contribution in [1.82, 2.24) is 4.98 Å². The van der Waals surface area contributed by atoms with Gasteiger partial charge in [-0.3, -0.25) is 0 Å². The van der Waals surface area contributed by atoms with Crippen LogP contribution in [-0.2, 0) is 6.42 Å². The zero-order valence-electron chi connectivity index (χ0n) is 8.22. The molecule has 0 aliphatic carbocycles. The molecule has 1 heterocycles. The van der Waals surface area contributed by atoms with Crippen molar-refractivity contribution in [2.45, 2.75) is 6.42 Å². The van der Waals surface area contributed by atoms with Crippen molar-refractivity contribution in [2.75, 3.05) is 0 Å². The third-order valence-corrected chi connectivity index (χ3v) is 2.25. The SMILES string of the molecule is ON=C(Cc1ccc[nH]1)c1ccccc1. The fraction of sp³-hybridized carbons (Fsp3) is 0.0833. The molecule has 1 aromatic carbocycles. The van der Waals surface area contributed by atoms with Crippen molar-refractivity contribution in [3.05, 3.63) is 59.9 Å². The van der Waals surface area contributed by atoms with Crippen LogP contribution in [0.25, 0.3) is 0 Å². The van der Waals surface area contributed by atoms with E-state index in [-0.39, 0.29) is 0 Å². The van der Waals surface area contributed by atoms with Gasteiger partial charge in [-0.2, -0.15) is 0 Å². The van der Waals surface area contributed by atoms with Gasteiger partial charge in [-0.1, -0.05) is 35.5 Å². The van der Waals surface area contributed by atoms with Gasteiger partial charge in [0.05, 0.1) is 5.71 Å². The summed E-state index contributed by atoms with van der Waals surface area (Å²) in [5.74, 6) is 0. The van der Waals surface area contributed by atoms with Crippen LogP contribution in [0.15, 0.2) is 53.8 Å². The number of oxime groups is 1.